The summed E-state index contributed by atoms with van der Waals surface area (Å²) in [7, 11) is 0. The molecule has 0 bridgehead atoms. The van der Waals surface area contributed by atoms with Crippen LogP contribution >= 0.6 is 0 Å². The van der Waals surface area contributed by atoms with E-state index in [0.717, 1.165) is 12.0 Å². The molecule has 4 rings (SSSR count). The third kappa shape index (κ3) is 3.59. The summed E-state index contributed by atoms with van der Waals surface area (Å²) in [4.78, 5) is 12.9. The van der Waals surface area contributed by atoms with E-state index in [0.29, 0.717) is 30.1 Å². The van der Waals surface area contributed by atoms with Gasteiger partial charge in [-0.25, -0.2) is 13.9 Å². The van der Waals surface area contributed by atoms with Gasteiger partial charge in [0.1, 0.15) is 11.9 Å². The molecule has 29 heavy (non-hydrogen) atoms. The summed E-state index contributed by atoms with van der Waals surface area (Å²) in [6.45, 7) is 2.95. The summed E-state index contributed by atoms with van der Waals surface area (Å²) in [5.41, 5.74) is 1.61. The Morgan fingerprint density at radius 2 is 2.07 bits per heavy atom. The molecule has 1 aliphatic heterocycles. The average Bonchev–Trinajstić information content (AvgIpc) is 3.34. The van der Waals surface area contributed by atoms with Gasteiger partial charge in [-0.1, -0.05) is 30.3 Å². The van der Waals surface area contributed by atoms with E-state index in [1.54, 1.807) is 4.57 Å². The first-order valence-corrected chi connectivity index (χ1v) is 9.65. The van der Waals surface area contributed by atoms with Gasteiger partial charge in [0.25, 0.3) is 0 Å². The van der Waals surface area contributed by atoms with Crippen molar-refractivity contribution in [1.29, 1.82) is 5.26 Å². The van der Waals surface area contributed by atoms with Crippen molar-refractivity contribution < 1.29 is 9.13 Å². The fraction of sp³-hybridized carbons (Fsp3) is 0.318. The maximum absolute atomic E-state index is 13.7. The molecular formula is C22H21FN4O2. The molecular weight excluding hydrogens is 371 g/mol. The SMILES string of the molecule is CCn1c([C@H]2OCC[C@H]2c2ccccc2)nn(Cc2cc(F)ccc2C#N)c1=O. The summed E-state index contributed by atoms with van der Waals surface area (Å²) in [6.07, 6.45) is 0.524. The molecule has 2 aromatic carbocycles. The Hall–Kier alpha value is -3.24. The van der Waals surface area contributed by atoms with E-state index in [2.05, 4.69) is 17.2 Å². The molecule has 6 nitrogen and oxygen atoms in total. The van der Waals surface area contributed by atoms with Gasteiger partial charge < -0.3 is 4.74 Å². The van der Waals surface area contributed by atoms with Crippen LogP contribution in [-0.4, -0.2) is 21.0 Å². The van der Waals surface area contributed by atoms with Crippen LogP contribution in [0.2, 0.25) is 0 Å². The standard InChI is InChI=1S/C22H21FN4O2/c1-2-26-21(20-19(10-11-29-20)15-6-4-3-5-7-15)25-27(22(26)28)14-17-12-18(23)9-8-16(17)13-24/h3-9,12,19-20H,2,10-11,14H2,1H3/t19-,20-/m0/s1. The molecule has 2 heterocycles. The fourth-order valence-electron chi connectivity index (χ4n) is 3.92. The van der Waals surface area contributed by atoms with Crippen molar-refractivity contribution in [3.63, 3.8) is 0 Å². The van der Waals surface area contributed by atoms with Crippen LogP contribution in [0.1, 0.15) is 47.9 Å². The Bertz CT molecular complexity index is 1110. The predicted molar refractivity (Wildman–Crippen MR) is 105 cm³/mol. The van der Waals surface area contributed by atoms with Gasteiger partial charge in [0.15, 0.2) is 5.82 Å². The molecule has 0 radical (unpaired) electrons. The van der Waals surface area contributed by atoms with Gasteiger partial charge in [-0.15, -0.1) is 0 Å². The topological polar surface area (TPSA) is 72.8 Å². The van der Waals surface area contributed by atoms with Gasteiger partial charge in [0.2, 0.25) is 0 Å². The number of hydrogen-bond donors (Lipinski definition) is 0. The van der Waals surface area contributed by atoms with E-state index >= 15 is 0 Å². The number of halogens is 1. The fourth-order valence-corrected chi connectivity index (χ4v) is 3.92. The van der Waals surface area contributed by atoms with E-state index < -0.39 is 5.82 Å². The summed E-state index contributed by atoms with van der Waals surface area (Å²) in [5.74, 6) is 0.227. The van der Waals surface area contributed by atoms with Gasteiger partial charge in [-0.2, -0.15) is 10.4 Å². The molecule has 3 aromatic rings. The first-order chi connectivity index (χ1) is 14.1. The molecule has 1 saturated heterocycles. The van der Waals surface area contributed by atoms with Crippen LogP contribution in [0.4, 0.5) is 4.39 Å². The van der Waals surface area contributed by atoms with Gasteiger partial charge >= 0.3 is 5.69 Å². The third-order valence-electron chi connectivity index (χ3n) is 5.35. The lowest BCUT2D eigenvalue weighted by Gasteiger charge is -2.18. The highest BCUT2D eigenvalue weighted by atomic mass is 19.1. The van der Waals surface area contributed by atoms with Crippen molar-refractivity contribution >= 4 is 0 Å². The zero-order valence-electron chi connectivity index (χ0n) is 16.1. The largest absolute Gasteiger partial charge is 0.370 e. The Morgan fingerprint density at radius 1 is 1.28 bits per heavy atom. The number of ether oxygens (including phenoxy) is 1. The minimum atomic E-state index is -0.453. The van der Waals surface area contributed by atoms with Crippen LogP contribution in [0, 0.1) is 17.1 Å². The monoisotopic (exact) mass is 392 g/mol. The lowest BCUT2D eigenvalue weighted by molar-refractivity contribution is 0.0934. The second-order valence-corrected chi connectivity index (χ2v) is 7.05. The van der Waals surface area contributed by atoms with Crippen molar-refractivity contribution in [3.05, 3.63) is 87.3 Å². The molecule has 2 atom stereocenters. The molecule has 148 valence electrons. The van der Waals surface area contributed by atoms with E-state index in [4.69, 9.17) is 4.74 Å². The average molecular weight is 392 g/mol. The Kier molecular flexibility index (Phi) is 5.28. The van der Waals surface area contributed by atoms with Crippen LogP contribution in [-0.2, 0) is 17.8 Å². The normalized spacial score (nSPS) is 18.7. The highest BCUT2D eigenvalue weighted by molar-refractivity contribution is 5.38. The number of hydrogen-bond acceptors (Lipinski definition) is 4. The van der Waals surface area contributed by atoms with E-state index in [1.807, 2.05) is 31.2 Å². The Morgan fingerprint density at radius 3 is 2.79 bits per heavy atom. The van der Waals surface area contributed by atoms with E-state index in [-0.39, 0.29) is 24.3 Å². The number of rotatable bonds is 5. The molecule has 7 heteroatoms. The molecule has 0 saturated carbocycles. The van der Waals surface area contributed by atoms with Crippen LogP contribution in [0.3, 0.4) is 0 Å². The van der Waals surface area contributed by atoms with Crippen LogP contribution in [0.5, 0.6) is 0 Å². The van der Waals surface area contributed by atoms with E-state index in [9.17, 15) is 14.4 Å². The van der Waals surface area contributed by atoms with Crippen LogP contribution in [0.25, 0.3) is 0 Å². The summed E-state index contributed by atoms with van der Waals surface area (Å²) >= 11 is 0. The first-order valence-electron chi connectivity index (χ1n) is 9.65. The molecule has 0 amide bonds. The zero-order chi connectivity index (χ0) is 20.4. The summed E-state index contributed by atoms with van der Waals surface area (Å²) < 4.78 is 22.5. The van der Waals surface area contributed by atoms with Gasteiger partial charge in [-0.05, 0) is 42.7 Å². The lowest BCUT2D eigenvalue weighted by Crippen LogP contribution is -2.26. The van der Waals surface area contributed by atoms with Crippen LogP contribution < -0.4 is 5.69 Å². The van der Waals surface area contributed by atoms with Gasteiger partial charge in [0.05, 0.1) is 18.2 Å². The number of aromatic nitrogens is 3. The molecule has 1 aromatic heterocycles. The minimum absolute atomic E-state index is 0.0300. The quantitative estimate of drug-likeness (QED) is 0.667. The molecule has 0 unspecified atom stereocenters. The van der Waals surface area contributed by atoms with Crippen molar-refractivity contribution in [2.45, 2.75) is 38.5 Å². The summed E-state index contributed by atoms with van der Waals surface area (Å²) in [6, 6.07) is 16.0. The Labute approximate surface area is 167 Å². The Balaban J connectivity index is 1.72. The molecule has 0 N–H and O–H groups in total. The smallest absolute Gasteiger partial charge is 0.346 e. The second kappa shape index (κ2) is 8.02. The highest BCUT2D eigenvalue weighted by Crippen LogP contribution is 2.40. The van der Waals surface area contributed by atoms with Crippen molar-refractivity contribution in [2.75, 3.05) is 6.61 Å². The number of benzene rings is 2. The van der Waals surface area contributed by atoms with Crippen molar-refractivity contribution in [1.82, 2.24) is 14.3 Å². The summed E-state index contributed by atoms with van der Waals surface area (Å²) in [5, 5.41) is 13.8. The molecule has 0 spiro atoms. The lowest BCUT2D eigenvalue weighted by atomic mass is 9.92. The molecule has 0 aliphatic carbocycles. The predicted octanol–water partition coefficient (Wildman–Crippen LogP) is 3.37. The molecule has 1 fully saturated rings. The van der Waals surface area contributed by atoms with Crippen molar-refractivity contribution in [3.8, 4) is 6.07 Å². The van der Waals surface area contributed by atoms with Crippen LogP contribution in [0.15, 0.2) is 53.3 Å². The van der Waals surface area contributed by atoms with Gasteiger partial charge in [-0.3, -0.25) is 4.57 Å². The second-order valence-electron chi connectivity index (χ2n) is 7.05. The van der Waals surface area contributed by atoms with Crippen molar-refractivity contribution in [2.24, 2.45) is 0 Å². The third-order valence-corrected chi connectivity index (χ3v) is 5.35. The van der Waals surface area contributed by atoms with Gasteiger partial charge in [0, 0.05) is 19.1 Å². The zero-order valence-corrected chi connectivity index (χ0v) is 16.1. The maximum atomic E-state index is 13.7. The number of nitrogens with zero attached hydrogens (tertiary/aromatic N) is 4. The molecule has 1 aliphatic rings. The maximum Gasteiger partial charge on any atom is 0.346 e. The minimum Gasteiger partial charge on any atom is -0.370 e. The van der Waals surface area contributed by atoms with E-state index in [1.165, 1.54) is 22.9 Å². The first kappa shape index (κ1) is 19.1. The number of nitriles is 1. The highest BCUT2D eigenvalue weighted by Gasteiger charge is 2.35.